The number of thioether (sulfide) groups is 1. The smallest absolute Gasteiger partial charge is 0.240 e. The number of anilines is 1. The number of carbonyl (C=O) groups excluding carboxylic acids is 1. The molecule has 1 aromatic carbocycles. The largest absolute Gasteiger partial charge is 0.469 e. The maximum atomic E-state index is 12.7. The van der Waals surface area contributed by atoms with E-state index in [4.69, 9.17) is 4.42 Å². The molecule has 0 bridgehead atoms. The molecule has 7 heteroatoms. The van der Waals surface area contributed by atoms with Crippen molar-refractivity contribution in [2.24, 2.45) is 7.05 Å². The van der Waals surface area contributed by atoms with Crippen molar-refractivity contribution >= 4 is 23.4 Å². The Hall–Kier alpha value is -2.54. The molecule has 0 aliphatic rings. The summed E-state index contributed by atoms with van der Waals surface area (Å²) >= 11 is 1.39. The summed E-state index contributed by atoms with van der Waals surface area (Å²) in [5.41, 5.74) is 1.77. The van der Waals surface area contributed by atoms with Crippen molar-refractivity contribution in [1.82, 2.24) is 14.8 Å². The Morgan fingerprint density at radius 3 is 2.60 bits per heavy atom. The van der Waals surface area contributed by atoms with E-state index in [0.717, 1.165) is 22.8 Å². The predicted molar refractivity (Wildman–Crippen MR) is 98.6 cm³/mol. The first-order valence-electron chi connectivity index (χ1n) is 7.92. The van der Waals surface area contributed by atoms with Crippen LogP contribution < -0.4 is 4.90 Å². The number of rotatable bonds is 5. The van der Waals surface area contributed by atoms with Crippen molar-refractivity contribution in [3.63, 3.8) is 0 Å². The van der Waals surface area contributed by atoms with Gasteiger partial charge in [-0.05, 0) is 32.0 Å². The van der Waals surface area contributed by atoms with Gasteiger partial charge in [0.15, 0.2) is 11.0 Å². The Morgan fingerprint density at radius 1 is 1.24 bits per heavy atom. The molecule has 2 heterocycles. The summed E-state index contributed by atoms with van der Waals surface area (Å²) in [6.07, 6.45) is 1.63. The number of hydrogen-bond donors (Lipinski definition) is 0. The molecule has 3 aromatic rings. The third-order valence-corrected chi connectivity index (χ3v) is 5.16. The van der Waals surface area contributed by atoms with Crippen LogP contribution in [-0.2, 0) is 11.8 Å². The highest BCUT2D eigenvalue weighted by atomic mass is 32.2. The molecule has 1 amide bonds. The Morgan fingerprint density at radius 2 is 1.96 bits per heavy atom. The van der Waals surface area contributed by atoms with Crippen LogP contribution in [-0.4, -0.2) is 33.0 Å². The first kappa shape index (κ1) is 17.3. The minimum absolute atomic E-state index is 0.0141. The fraction of sp³-hybridized carbons (Fsp3) is 0.278. The van der Waals surface area contributed by atoms with Gasteiger partial charge in [-0.25, -0.2) is 0 Å². The van der Waals surface area contributed by atoms with Gasteiger partial charge >= 0.3 is 0 Å². The zero-order valence-corrected chi connectivity index (χ0v) is 15.4. The van der Waals surface area contributed by atoms with Crippen molar-refractivity contribution in [3.8, 4) is 11.4 Å². The van der Waals surface area contributed by atoms with Gasteiger partial charge in [-0.3, -0.25) is 4.79 Å². The zero-order chi connectivity index (χ0) is 18.0. The quantitative estimate of drug-likeness (QED) is 0.655. The van der Waals surface area contributed by atoms with Crippen LogP contribution in [0.5, 0.6) is 0 Å². The molecule has 0 unspecified atom stereocenters. The summed E-state index contributed by atoms with van der Waals surface area (Å²) < 4.78 is 7.22. The van der Waals surface area contributed by atoms with Crippen LogP contribution in [0.3, 0.4) is 0 Å². The van der Waals surface area contributed by atoms with Gasteiger partial charge in [0.1, 0.15) is 5.76 Å². The lowest BCUT2D eigenvalue weighted by Gasteiger charge is -2.20. The highest BCUT2D eigenvalue weighted by Gasteiger charge is 2.23. The minimum Gasteiger partial charge on any atom is -0.469 e. The Balaban J connectivity index is 1.75. The van der Waals surface area contributed by atoms with Gasteiger partial charge in [0.05, 0.1) is 17.1 Å². The number of aryl methyl sites for hydroxylation is 1. The predicted octanol–water partition coefficient (Wildman–Crippen LogP) is 3.53. The van der Waals surface area contributed by atoms with Gasteiger partial charge in [-0.1, -0.05) is 30.0 Å². The normalized spacial score (nSPS) is 12.2. The molecule has 0 spiro atoms. The molecular formula is C18H20N4O2S. The first-order chi connectivity index (χ1) is 12.0. The van der Waals surface area contributed by atoms with Crippen molar-refractivity contribution in [2.45, 2.75) is 24.3 Å². The number of furan rings is 1. The summed E-state index contributed by atoms with van der Waals surface area (Å²) in [4.78, 5) is 14.3. The lowest BCUT2D eigenvalue weighted by Crippen LogP contribution is -2.33. The zero-order valence-electron chi connectivity index (χ0n) is 14.6. The van der Waals surface area contributed by atoms with Crippen LogP contribution in [0, 0.1) is 6.92 Å². The van der Waals surface area contributed by atoms with Gasteiger partial charge in [0, 0.05) is 19.8 Å². The monoisotopic (exact) mass is 356 g/mol. The Kier molecular flexibility index (Phi) is 4.94. The van der Waals surface area contributed by atoms with Crippen LogP contribution >= 0.6 is 11.8 Å². The van der Waals surface area contributed by atoms with E-state index in [9.17, 15) is 4.79 Å². The molecule has 0 N–H and O–H groups in total. The molecule has 0 aliphatic heterocycles. The summed E-state index contributed by atoms with van der Waals surface area (Å²) in [5, 5.41) is 8.88. The molecule has 0 aliphatic carbocycles. The summed E-state index contributed by atoms with van der Waals surface area (Å²) in [5.74, 6) is 1.53. The summed E-state index contributed by atoms with van der Waals surface area (Å²) in [6, 6.07) is 11.5. The second kappa shape index (κ2) is 7.14. The van der Waals surface area contributed by atoms with Gasteiger partial charge in [0.2, 0.25) is 5.91 Å². The fourth-order valence-electron chi connectivity index (χ4n) is 2.53. The molecule has 0 saturated heterocycles. The second-order valence-corrected chi connectivity index (χ2v) is 7.06. The molecule has 6 nitrogen and oxygen atoms in total. The highest BCUT2D eigenvalue weighted by molar-refractivity contribution is 8.00. The maximum Gasteiger partial charge on any atom is 0.240 e. The van der Waals surface area contributed by atoms with E-state index in [-0.39, 0.29) is 11.2 Å². The Labute approximate surface area is 150 Å². The van der Waals surface area contributed by atoms with Gasteiger partial charge in [-0.15, -0.1) is 10.2 Å². The van der Waals surface area contributed by atoms with Crippen molar-refractivity contribution < 1.29 is 9.21 Å². The van der Waals surface area contributed by atoms with Crippen molar-refractivity contribution in [1.29, 1.82) is 0 Å². The van der Waals surface area contributed by atoms with E-state index in [1.165, 1.54) is 11.8 Å². The first-order valence-corrected chi connectivity index (χ1v) is 8.80. The van der Waals surface area contributed by atoms with Gasteiger partial charge in [-0.2, -0.15) is 0 Å². The highest BCUT2D eigenvalue weighted by Crippen LogP contribution is 2.28. The van der Waals surface area contributed by atoms with Gasteiger partial charge in [0.25, 0.3) is 0 Å². The number of carbonyl (C=O) groups is 1. The average Bonchev–Trinajstić information content (AvgIpc) is 3.20. The second-order valence-electron chi connectivity index (χ2n) is 5.75. The van der Waals surface area contributed by atoms with Crippen LogP contribution in [0.2, 0.25) is 0 Å². The standard InChI is InChI=1S/C18H20N4O2S/c1-12-15(10-11-24-12)16-19-20-18(22(16)4)25-13(2)17(23)21(3)14-8-6-5-7-9-14/h5-11,13H,1-4H3/t13-/m0/s1. The fourth-order valence-corrected chi connectivity index (χ4v) is 3.44. The molecule has 3 rings (SSSR count). The summed E-state index contributed by atoms with van der Waals surface area (Å²) in [6.45, 7) is 3.77. The molecule has 25 heavy (non-hydrogen) atoms. The van der Waals surface area contributed by atoms with E-state index < -0.39 is 0 Å². The van der Waals surface area contributed by atoms with Crippen LogP contribution in [0.1, 0.15) is 12.7 Å². The third kappa shape index (κ3) is 3.46. The molecule has 0 saturated carbocycles. The minimum atomic E-state index is -0.286. The summed E-state index contributed by atoms with van der Waals surface area (Å²) in [7, 11) is 3.67. The number of nitrogens with zero attached hydrogens (tertiary/aromatic N) is 4. The number of aromatic nitrogens is 3. The Bertz CT molecular complexity index is 872. The number of hydrogen-bond acceptors (Lipinski definition) is 5. The van der Waals surface area contributed by atoms with Crippen LogP contribution in [0.4, 0.5) is 5.69 Å². The van der Waals surface area contributed by atoms with Crippen molar-refractivity contribution in [2.75, 3.05) is 11.9 Å². The van der Waals surface area contributed by atoms with E-state index >= 15 is 0 Å². The van der Waals surface area contributed by atoms with E-state index in [1.54, 1.807) is 18.2 Å². The number of amides is 1. The molecule has 2 aromatic heterocycles. The van der Waals surface area contributed by atoms with Crippen molar-refractivity contribution in [3.05, 3.63) is 48.4 Å². The molecular weight excluding hydrogens is 336 g/mol. The molecule has 0 radical (unpaired) electrons. The third-order valence-electron chi connectivity index (χ3n) is 4.04. The molecule has 1 atom stereocenters. The van der Waals surface area contributed by atoms with E-state index in [1.807, 2.05) is 61.9 Å². The maximum absolute atomic E-state index is 12.7. The van der Waals surface area contributed by atoms with Crippen LogP contribution in [0.25, 0.3) is 11.4 Å². The van der Waals surface area contributed by atoms with E-state index in [2.05, 4.69) is 10.2 Å². The molecule has 130 valence electrons. The van der Waals surface area contributed by atoms with Crippen LogP contribution in [0.15, 0.2) is 52.2 Å². The number of benzene rings is 1. The SMILES string of the molecule is Cc1occc1-c1nnc(S[C@@H](C)C(=O)N(C)c2ccccc2)n1C. The lowest BCUT2D eigenvalue weighted by molar-refractivity contribution is -0.117. The van der Waals surface area contributed by atoms with Gasteiger partial charge < -0.3 is 13.9 Å². The average molecular weight is 356 g/mol. The number of para-hydroxylation sites is 1. The lowest BCUT2D eigenvalue weighted by atomic mass is 10.2. The molecule has 0 fully saturated rings. The van der Waals surface area contributed by atoms with E-state index in [0.29, 0.717) is 5.16 Å². The topological polar surface area (TPSA) is 64.2 Å².